The van der Waals surface area contributed by atoms with Crippen LogP contribution in [0.2, 0.25) is 0 Å². The predicted molar refractivity (Wildman–Crippen MR) is 94.6 cm³/mol. The fourth-order valence-electron chi connectivity index (χ4n) is 1.69. The first-order chi connectivity index (χ1) is 11.5. The van der Waals surface area contributed by atoms with Gasteiger partial charge < -0.3 is 15.4 Å². The van der Waals surface area contributed by atoms with Crippen LogP contribution < -0.4 is 16.0 Å². The molecular formula is C16H19N3O4S. The maximum absolute atomic E-state index is 12.0. The Kier molecular flexibility index (Phi) is 8.14. The fourth-order valence-corrected chi connectivity index (χ4v) is 1.90. The van der Waals surface area contributed by atoms with Gasteiger partial charge in [0.25, 0.3) is 5.91 Å². The lowest BCUT2D eigenvalue weighted by Gasteiger charge is -2.12. The monoisotopic (exact) mass is 349 g/mol. The van der Waals surface area contributed by atoms with Crippen molar-refractivity contribution in [3.63, 3.8) is 0 Å². The summed E-state index contributed by atoms with van der Waals surface area (Å²) >= 11 is 5.03. The van der Waals surface area contributed by atoms with Crippen LogP contribution >= 0.6 is 12.2 Å². The van der Waals surface area contributed by atoms with Crippen molar-refractivity contribution in [3.05, 3.63) is 42.0 Å². The van der Waals surface area contributed by atoms with E-state index in [0.717, 1.165) is 12.2 Å². The minimum absolute atomic E-state index is 0.00487. The first-order valence-electron chi connectivity index (χ1n) is 7.32. The molecule has 2 amide bonds. The molecule has 0 aromatic heterocycles. The summed E-state index contributed by atoms with van der Waals surface area (Å²) in [6.45, 7) is 4.19. The number of esters is 1. The Morgan fingerprint density at radius 3 is 2.54 bits per heavy atom. The van der Waals surface area contributed by atoms with Crippen molar-refractivity contribution < 1.29 is 19.1 Å². The lowest BCUT2D eigenvalue weighted by molar-refractivity contribution is -0.137. The highest BCUT2D eigenvalue weighted by molar-refractivity contribution is 7.80. The predicted octanol–water partition coefficient (Wildman–Crippen LogP) is 1.37. The topological polar surface area (TPSA) is 96.5 Å². The standard InChI is InChI=1S/C16H19N3O4S/c1-3-17-15(22)11-7-5-6-8-12(11)18-16(24)19-13(20)9-10-14(21)23-4-2/h5-10H,3-4H2,1-2H3,(H,17,22)(H2,18,19,20,24). The Morgan fingerprint density at radius 2 is 1.88 bits per heavy atom. The molecule has 1 rings (SSSR count). The maximum Gasteiger partial charge on any atom is 0.330 e. The summed E-state index contributed by atoms with van der Waals surface area (Å²) in [5, 5.41) is 7.85. The van der Waals surface area contributed by atoms with Crippen LogP contribution in [0.15, 0.2) is 36.4 Å². The average Bonchev–Trinajstić information content (AvgIpc) is 2.54. The Labute approximate surface area is 145 Å². The number of amides is 2. The zero-order valence-corrected chi connectivity index (χ0v) is 14.2. The lowest BCUT2D eigenvalue weighted by atomic mass is 10.1. The molecule has 1 aromatic carbocycles. The van der Waals surface area contributed by atoms with Gasteiger partial charge in [0.2, 0.25) is 5.91 Å². The summed E-state index contributed by atoms with van der Waals surface area (Å²) in [5.74, 6) is -1.46. The van der Waals surface area contributed by atoms with Gasteiger partial charge >= 0.3 is 5.97 Å². The van der Waals surface area contributed by atoms with Gasteiger partial charge in [-0.15, -0.1) is 0 Å². The summed E-state index contributed by atoms with van der Waals surface area (Å²) in [7, 11) is 0. The number of nitrogens with one attached hydrogen (secondary N) is 3. The van der Waals surface area contributed by atoms with E-state index in [1.807, 2.05) is 6.92 Å². The Bertz CT molecular complexity index is 658. The van der Waals surface area contributed by atoms with Crippen LogP contribution in [0.4, 0.5) is 5.69 Å². The van der Waals surface area contributed by atoms with Crippen LogP contribution in [0, 0.1) is 0 Å². The largest absolute Gasteiger partial charge is 0.463 e. The molecule has 0 aliphatic carbocycles. The number of thiocarbonyl (C=S) groups is 1. The molecule has 0 radical (unpaired) electrons. The smallest absolute Gasteiger partial charge is 0.330 e. The number of ether oxygens (including phenoxy) is 1. The molecule has 0 saturated heterocycles. The van der Waals surface area contributed by atoms with Crippen LogP contribution in [0.1, 0.15) is 24.2 Å². The summed E-state index contributed by atoms with van der Waals surface area (Å²) in [6.07, 6.45) is 2.02. The zero-order chi connectivity index (χ0) is 17.9. The average molecular weight is 349 g/mol. The van der Waals surface area contributed by atoms with Crippen molar-refractivity contribution in [2.45, 2.75) is 13.8 Å². The van der Waals surface area contributed by atoms with Gasteiger partial charge in [-0.05, 0) is 38.2 Å². The summed E-state index contributed by atoms with van der Waals surface area (Å²) in [5.41, 5.74) is 0.862. The van der Waals surface area contributed by atoms with Gasteiger partial charge in [0, 0.05) is 18.7 Å². The van der Waals surface area contributed by atoms with Crippen LogP contribution in [0.25, 0.3) is 0 Å². The first-order valence-corrected chi connectivity index (χ1v) is 7.72. The second kappa shape index (κ2) is 10.1. The molecule has 0 aliphatic heterocycles. The molecule has 128 valence electrons. The summed E-state index contributed by atoms with van der Waals surface area (Å²) in [4.78, 5) is 34.7. The van der Waals surface area contributed by atoms with Crippen molar-refractivity contribution >= 4 is 40.8 Å². The molecule has 7 nitrogen and oxygen atoms in total. The third kappa shape index (κ3) is 6.57. The van der Waals surface area contributed by atoms with Gasteiger partial charge in [-0.3, -0.25) is 14.9 Å². The van der Waals surface area contributed by atoms with Gasteiger partial charge in [-0.2, -0.15) is 0 Å². The number of para-hydroxylation sites is 1. The minimum Gasteiger partial charge on any atom is -0.463 e. The van der Waals surface area contributed by atoms with E-state index in [4.69, 9.17) is 12.2 Å². The van der Waals surface area contributed by atoms with Gasteiger partial charge in [-0.25, -0.2) is 4.79 Å². The quantitative estimate of drug-likeness (QED) is 0.408. The maximum atomic E-state index is 12.0. The van der Waals surface area contributed by atoms with Crippen LogP contribution in [-0.4, -0.2) is 36.0 Å². The van der Waals surface area contributed by atoms with Crippen LogP contribution in [-0.2, 0) is 14.3 Å². The highest BCUT2D eigenvalue weighted by Crippen LogP contribution is 2.14. The molecule has 0 aliphatic rings. The van der Waals surface area contributed by atoms with Crippen molar-refractivity contribution in [2.75, 3.05) is 18.5 Å². The number of hydrogen-bond acceptors (Lipinski definition) is 5. The Morgan fingerprint density at radius 1 is 1.17 bits per heavy atom. The molecule has 0 fully saturated rings. The molecule has 0 atom stereocenters. The SMILES string of the molecule is CCNC(=O)c1ccccc1NC(=S)NC(=O)C=CC(=O)OCC. The normalized spacial score (nSPS) is 10.1. The Hall–Kier alpha value is -2.74. The molecule has 0 spiro atoms. The third-order valence-electron chi connectivity index (χ3n) is 2.65. The van der Waals surface area contributed by atoms with E-state index in [0.29, 0.717) is 17.8 Å². The van der Waals surface area contributed by atoms with Crippen molar-refractivity contribution in [2.24, 2.45) is 0 Å². The second-order valence-corrected chi connectivity index (χ2v) is 4.84. The number of hydrogen-bond donors (Lipinski definition) is 3. The van der Waals surface area contributed by atoms with E-state index >= 15 is 0 Å². The van der Waals surface area contributed by atoms with Gasteiger partial charge in [-0.1, -0.05) is 12.1 Å². The fraction of sp³-hybridized carbons (Fsp3) is 0.250. The molecule has 0 unspecified atom stereocenters. The van der Waals surface area contributed by atoms with E-state index in [-0.39, 0.29) is 17.6 Å². The minimum atomic E-state index is -0.617. The van der Waals surface area contributed by atoms with Gasteiger partial charge in [0.05, 0.1) is 17.9 Å². The highest BCUT2D eigenvalue weighted by atomic mass is 32.1. The van der Waals surface area contributed by atoms with Crippen LogP contribution in [0.3, 0.4) is 0 Å². The third-order valence-corrected chi connectivity index (χ3v) is 2.86. The number of anilines is 1. The Balaban J connectivity index is 2.67. The van der Waals surface area contributed by atoms with E-state index in [2.05, 4.69) is 20.7 Å². The van der Waals surface area contributed by atoms with E-state index in [1.165, 1.54) is 0 Å². The van der Waals surface area contributed by atoms with E-state index < -0.39 is 11.9 Å². The number of rotatable bonds is 6. The molecule has 8 heteroatoms. The number of benzene rings is 1. The van der Waals surface area contributed by atoms with Gasteiger partial charge in [0.15, 0.2) is 5.11 Å². The number of carbonyl (C=O) groups excluding carboxylic acids is 3. The molecule has 1 aromatic rings. The molecule has 0 bridgehead atoms. The molecule has 24 heavy (non-hydrogen) atoms. The summed E-state index contributed by atoms with van der Waals surface area (Å²) < 4.78 is 4.66. The number of carbonyl (C=O) groups is 3. The lowest BCUT2D eigenvalue weighted by Crippen LogP contribution is -2.34. The van der Waals surface area contributed by atoms with E-state index in [1.54, 1.807) is 31.2 Å². The zero-order valence-electron chi connectivity index (χ0n) is 13.4. The van der Waals surface area contributed by atoms with Crippen molar-refractivity contribution in [3.8, 4) is 0 Å². The molecule has 0 saturated carbocycles. The van der Waals surface area contributed by atoms with Crippen LogP contribution in [0.5, 0.6) is 0 Å². The van der Waals surface area contributed by atoms with Gasteiger partial charge in [0.1, 0.15) is 0 Å². The van der Waals surface area contributed by atoms with Crippen molar-refractivity contribution in [1.29, 1.82) is 0 Å². The highest BCUT2D eigenvalue weighted by Gasteiger charge is 2.11. The second-order valence-electron chi connectivity index (χ2n) is 4.43. The van der Waals surface area contributed by atoms with E-state index in [9.17, 15) is 14.4 Å². The van der Waals surface area contributed by atoms with Crippen molar-refractivity contribution in [1.82, 2.24) is 10.6 Å². The molecule has 3 N–H and O–H groups in total. The molecular weight excluding hydrogens is 330 g/mol. The first kappa shape index (κ1) is 19.3. The summed E-state index contributed by atoms with van der Waals surface area (Å²) in [6, 6.07) is 6.76. The molecule has 0 heterocycles.